The highest BCUT2D eigenvalue weighted by molar-refractivity contribution is 9.10. The topological polar surface area (TPSA) is 84.8 Å². The number of aromatic nitrogens is 4. The summed E-state index contributed by atoms with van der Waals surface area (Å²) in [6.07, 6.45) is 4.27. The summed E-state index contributed by atoms with van der Waals surface area (Å²) in [7, 11) is 0. The largest absolute Gasteiger partial charge is 0.477 e. The summed E-state index contributed by atoms with van der Waals surface area (Å²) >= 11 is 3.41. The van der Waals surface area contributed by atoms with Crippen molar-refractivity contribution >= 4 is 27.5 Å². The highest BCUT2D eigenvalue weighted by Gasteiger charge is 2.24. The van der Waals surface area contributed by atoms with Crippen molar-refractivity contribution < 1.29 is 9.53 Å². The van der Waals surface area contributed by atoms with E-state index in [1.165, 1.54) is 0 Å². The van der Waals surface area contributed by atoms with E-state index in [0.717, 1.165) is 24.2 Å². The van der Waals surface area contributed by atoms with E-state index < -0.39 is 0 Å². The fourth-order valence-electron chi connectivity index (χ4n) is 2.58. The first-order valence-electron chi connectivity index (χ1n) is 7.51. The second-order valence-corrected chi connectivity index (χ2v) is 6.18. The number of hydrogen-bond donors (Lipinski definition) is 2. The van der Waals surface area contributed by atoms with Crippen molar-refractivity contribution in [1.82, 2.24) is 19.7 Å². The van der Waals surface area contributed by atoms with Gasteiger partial charge in [-0.2, -0.15) is 5.10 Å². The van der Waals surface area contributed by atoms with Crippen LogP contribution in [0.25, 0.3) is 11.3 Å². The van der Waals surface area contributed by atoms with Gasteiger partial charge in [0.1, 0.15) is 4.47 Å². The van der Waals surface area contributed by atoms with Gasteiger partial charge < -0.3 is 15.0 Å². The van der Waals surface area contributed by atoms with E-state index >= 15 is 0 Å². The summed E-state index contributed by atoms with van der Waals surface area (Å²) in [6.45, 7) is 1.39. The Morgan fingerprint density at radius 1 is 1.33 bits per heavy atom. The third-order valence-corrected chi connectivity index (χ3v) is 4.49. The van der Waals surface area contributed by atoms with Gasteiger partial charge in [-0.1, -0.05) is 12.1 Å². The van der Waals surface area contributed by atoms with Crippen LogP contribution in [0.1, 0.15) is 16.9 Å². The van der Waals surface area contributed by atoms with Gasteiger partial charge in [-0.15, -0.1) is 0 Å². The van der Waals surface area contributed by atoms with E-state index in [-0.39, 0.29) is 5.91 Å². The molecule has 0 radical (unpaired) electrons. The first-order valence-corrected chi connectivity index (χ1v) is 8.31. The van der Waals surface area contributed by atoms with Gasteiger partial charge in [0.25, 0.3) is 5.91 Å². The normalized spacial score (nSPS) is 13.2. The molecule has 24 heavy (non-hydrogen) atoms. The first-order chi connectivity index (χ1) is 11.7. The molecule has 2 aromatic heterocycles. The smallest absolute Gasteiger partial charge is 0.277 e. The molecule has 0 bridgehead atoms. The molecule has 0 saturated carbocycles. The van der Waals surface area contributed by atoms with Crippen molar-refractivity contribution in [1.29, 1.82) is 0 Å². The van der Waals surface area contributed by atoms with Crippen molar-refractivity contribution in [3.63, 3.8) is 0 Å². The molecule has 1 amide bonds. The molecule has 1 aromatic carbocycles. The zero-order chi connectivity index (χ0) is 16.5. The van der Waals surface area contributed by atoms with Gasteiger partial charge in [-0.3, -0.25) is 4.79 Å². The number of imidazole rings is 1. The Bertz CT molecular complexity index is 871. The fourth-order valence-corrected chi connectivity index (χ4v) is 3.16. The van der Waals surface area contributed by atoms with Crippen LogP contribution in [0, 0.1) is 0 Å². The van der Waals surface area contributed by atoms with Crippen LogP contribution in [-0.2, 0) is 6.54 Å². The minimum Gasteiger partial charge on any atom is -0.477 e. The van der Waals surface area contributed by atoms with Crippen LogP contribution in [0.3, 0.4) is 0 Å². The first kappa shape index (κ1) is 14.9. The van der Waals surface area contributed by atoms with Crippen molar-refractivity contribution in [3.8, 4) is 17.1 Å². The molecule has 3 aromatic rings. The zero-order valence-corrected chi connectivity index (χ0v) is 14.2. The number of aryl methyl sites for hydroxylation is 1. The number of rotatable bonds is 3. The fraction of sp³-hybridized carbons (Fsp3) is 0.188. The number of ether oxygens (including phenoxy) is 1. The Balaban J connectivity index is 1.53. The van der Waals surface area contributed by atoms with Gasteiger partial charge in [-0.05, 0) is 33.6 Å². The number of benzene rings is 1. The van der Waals surface area contributed by atoms with Gasteiger partial charge in [0.15, 0.2) is 5.69 Å². The maximum Gasteiger partial charge on any atom is 0.277 e. The maximum atomic E-state index is 12.5. The molecule has 122 valence electrons. The molecule has 1 aliphatic rings. The van der Waals surface area contributed by atoms with Crippen molar-refractivity contribution in [3.05, 3.63) is 47.0 Å². The number of carbonyl (C=O) groups is 1. The average Bonchev–Trinajstić information content (AvgIpc) is 3.24. The van der Waals surface area contributed by atoms with E-state index in [0.29, 0.717) is 28.3 Å². The zero-order valence-electron chi connectivity index (χ0n) is 12.6. The molecular weight excluding hydrogens is 374 g/mol. The minimum atomic E-state index is -0.276. The number of H-pyrrole nitrogens is 1. The predicted molar refractivity (Wildman–Crippen MR) is 92.0 cm³/mol. The number of fused-ring (bicyclic) bond motifs is 1. The number of amides is 1. The Hall–Kier alpha value is -2.61. The summed E-state index contributed by atoms with van der Waals surface area (Å²) in [5, 5.41) is 7.18. The number of carbonyl (C=O) groups excluding carboxylic acids is 1. The number of hydrogen-bond acceptors (Lipinski definition) is 4. The van der Waals surface area contributed by atoms with E-state index in [9.17, 15) is 4.79 Å². The summed E-state index contributed by atoms with van der Waals surface area (Å²) in [4.78, 5) is 19.5. The Morgan fingerprint density at radius 3 is 2.88 bits per heavy atom. The Kier molecular flexibility index (Phi) is 3.81. The highest BCUT2D eigenvalue weighted by Crippen LogP contribution is 2.31. The summed E-state index contributed by atoms with van der Waals surface area (Å²) in [5.41, 5.74) is 2.94. The molecule has 8 heteroatoms. The van der Waals surface area contributed by atoms with Gasteiger partial charge in [0, 0.05) is 18.7 Å². The van der Waals surface area contributed by atoms with Crippen LogP contribution >= 0.6 is 15.9 Å². The molecule has 0 fully saturated rings. The number of aromatic amines is 1. The molecule has 3 heterocycles. The van der Waals surface area contributed by atoms with Crippen LogP contribution in [0.5, 0.6) is 5.88 Å². The van der Waals surface area contributed by atoms with Crippen LogP contribution in [0.4, 0.5) is 5.69 Å². The van der Waals surface area contributed by atoms with Crippen LogP contribution < -0.4 is 10.1 Å². The molecule has 2 N–H and O–H groups in total. The lowest BCUT2D eigenvalue weighted by atomic mass is 10.1. The van der Waals surface area contributed by atoms with Crippen molar-refractivity contribution in [2.75, 3.05) is 11.9 Å². The third kappa shape index (κ3) is 2.69. The molecule has 0 atom stereocenters. The predicted octanol–water partition coefficient (Wildman–Crippen LogP) is 3.07. The minimum absolute atomic E-state index is 0.276. The Morgan fingerprint density at radius 2 is 2.17 bits per heavy atom. The second-order valence-electron chi connectivity index (χ2n) is 5.39. The third-order valence-electron chi connectivity index (χ3n) is 3.77. The van der Waals surface area contributed by atoms with Gasteiger partial charge >= 0.3 is 0 Å². The van der Waals surface area contributed by atoms with E-state index in [2.05, 4.69) is 36.3 Å². The van der Waals surface area contributed by atoms with Crippen LogP contribution in [0.15, 0.2) is 41.3 Å². The lowest BCUT2D eigenvalue weighted by Crippen LogP contribution is -2.16. The van der Waals surface area contributed by atoms with Gasteiger partial charge in [0.2, 0.25) is 5.88 Å². The number of halogens is 1. The lowest BCUT2D eigenvalue weighted by molar-refractivity contribution is 0.102. The van der Waals surface area contributed by atoms with Crippen molar-refractivity contribution in [2.24, 2.45) is 0 Å². The molecule has 7 nitrogen and oxygen atoms in total. The molecule has 1 aliphatic heterocycles. The average molecular weight is 388 g/mol. The van der Waals surface area contributed by atoms with E-state index in [1.807, 2.05) is 24.3 Å². The quantitative estimate of drug-likeness (QED) is 0.722. The molecule has 4 rings (SSSR count). The van der Waals surface area contributed by atoms with Crippen LogP contribution in [0.2, 0.25) is 0 Å². The monoisotopic (exact) mass is 387 g/mol. The summed E-state index contributed by atoms with van der Waals surface area (Å²) in [5.74, 6) is 0.336. The Labute approximate surface area is 146 Å². The number of nitrogens with one attached hydrogen (secondary N) is 2. The number of anilines is 1. The van der Waals surface area contributed by atoms with E-state index in [1.54, 1.807) is 17.2 Å². The van der Waals surface area contributed by atoms with Crippen molar-refractivity contribution in [2.45, 2.75) is 13.0 Å². The van der Waals surface area contributed by atoms with Crippen LogP contribution in [-0.4, -0.2) is 32.3 Å². The molecule has 0 aliphatic carbocycles. The van der Waals surface area contributed by atoms with Gasteiger partial charge in [-0.25, -0.2) is 9.67 Å². The highest BCUT2D eigenvalue weighted by atomic mass is 79.9. The summed E-state index contributed by atoms with van der Waals surface area (Å²) < 4.78 is 7.86. The molecular formula is C16H14BrN5O2. The second kappa shape index (κ2) is 6.12. The summed E-state index contributed by atoms with van der Waals surface area (Å²) in [6, 6.07) is 7.52. The molecule has 0 unspecified atom stereocenters. The molecule has 0 saturated heterocycles. The number of nitrogens with zero attached hydrogens (tertiary/aromatic N) is 3. The van der Waals surface area contributed by atoms with Gasteiger partial charge in [0.05, 0.1) is 24.8 Å². The maximum absolute atomic E-state index is 12.5. The lowest BCUT2D eigenvalue weighted by Gasteiger charge is -2.14. The molecule has 0 spiro atoms. The van der Waals surface area contributed by atoms with E-state index in [4.69, 9.17) is 4.74 Å². The SMILES string of the molecule is O=C(Nc1ccc(-c2cnc[nH]2)cc1)c1nn2c(c1Br)OCCC2. The standard InChI is InChI=1S/C16H14BrN5O2/c17-13-14(21-22-6-1-7-24-16(13)22)15(23)20-11-4-2-10(3-5-11)12-8-18-9-19-12/h2-5,8-9H,1,6-7H2,(H,18,19)(H,20,23).